The lowest BCUT2D eigenvalue weighted by Crippen LogP contribution is -2.16. The van der Waals surface area contributed by atoms with Crippen molar-refractivity contribution >= 4 is 51.3 Å². The normalized spacial score (nSPS) is 10.9. The fourth-order valence-corrected chi connectivity index (χ4v) is 6.65. The summed E-state index contributed by atoms with van der Waals surface area (Å²) < 4.78 is 12.3. The van der Waals surface area contributed by atoms with E-state index in [4.69, 9.17) is 9.47 Å². The van der Waals surface area contributed by atoms with E-state index in [2.05, 4.69) is 45.4 Å². The third-order valence-corrected chi connectivity index (χ3v) is 8.60. The molecule has 3 heterocycles. The quantitative estimate of drug-likeness (QED) is 0.151. The number of methoxy groups -OCH3 is 2. The minimum atomic E-state index is -0.509. The summed E-state index contributed by atoms with van der Waals surface area (Å²) in [6.45, 7) is 5.03. The summed E-state index contributed by atoms with van der Waals surface area (Å²) in [5.41, 5.74) is 2.91. The van der Waals surface area contributed by atoms with Crippen molar-refractivity contribution in [3.8, 4) is 28.3 Å². The van der Waals surface area contributed by atoms with Gasteiger partial charge in [0.15, 0.2) is 11.0 Å². The van der Waals surface area contributed by atoms with Crippen molar-refractivity contribution < 1.29 is 19.1 Å². The second kappa shape index (κ2) is 13.1. The summed E-state index contributed by atoms with van der Waals surface area (Å²) in [6.07, 6.45) is 3.06. The highest BCUT2D eigenvalue weighted by Gasteiger charge is 2.23. The highest BCUT2D eigenvalue weighted by Crippen LogP contribution is 2.37. The van der Waals surface area contributed by atoms with E-state index < -0.39 is 5.97 Å². The zero-order valence-electron chi connectivity index (χ0n) is 21.8. The lowest BCUT2D eigenvalue weighted by atomic mass is 10.0. The van der Waals surface area contributed by atoms with Crippen molar-refractivity contribution in [3.63, 3.8) is 0 Å². The predicted octanol–water partition coefficient (Wildman–Crippen LogP) is 6.62. The third kappa shape index (κ3) is 6.28. The molecule has 0 radical (unpaired) electrons. The first-order valence-electron chi connectivity index (χ1n) is 12.3. The van der Waals surface area contributed by atoms with Gasteiger partial charge in [0.2, 0.25) is 5.91 Å². The van der Waals surface area contributed by atoms with Crippen molar-refractivity contribution in [2.45, 2.75) is 44.8 Å². The lowest BCUT2D eigenvalue weighted by Gasteiger charge is -2.09. The Balaban J connectivity index is 1.49. The van der Waals surface area contributed by atoms with Gasteiger partial charge in [-0.25, -0.2) is 4.79 Å². The van der Waals surface area contributed by atoms with E-state index in [9.17, 15) is 9.59 Å². The summed E-state index contributed by atoms with van der Waals surface area (Å²) in [5.74, 6) is 0.919. The van der Waals surface area contributed by atoms with Gasteiger partial charge in [-0.15, -0.1) is 32.9 Å². The number of benzene rings is 1. The monoisotopic (exact) mass is 570 g/mol. The molecule has 0 atom stereocenters. The molecular weight excluding hydrogens is 541 g/mol. The van der Waals surface area contributed by atoms with Crippen molar-refractivity contribution in [1.29, 1.82) is 0 Å². The zero-order chi connectivity index (χ0) is 27.1. The number of carbonyl (C=O) groups excluding carboxylic acids is 2. The summed E-state index contributed by atoms with van der Waals surface area (Å²) >= 11 is 4.35. The number of nitrogens with zero attached hydrogens (tertiary/aromatic N) is 3. The molecule has 38 heavy (non-hydrogen) atoms. The van der Waals surface area contributed by atoms with E-state index >= 15 is 0 Å². The van der Waals surface area contributed by atoms with E-state index in [1.165, 1.54) is 35.1 Å². The zero-order valence-corrected chi connectivity index (χ0v) is 24.2. The average molecular weight is 571 g/mol. The van der Waals surface area contributed by atoms with Gasteiger partial charge in [0.05, 0.1) is 20.0 Å². The number of carbonyl (C=O) groups is 2. The second-order valence-corrected chi connectivity index (χ2v) is 11.2. The smallest absolute Gasteiger partial charge is 0.341 e. The molecular formula is C27H30N4O4S3. The summed E-state index contributed by atoms with van der Waals surface area (Å²) in [6, 6.07) is 9.56. The molecule has 4 aromatic rings. The van der Waals surface area contributed by atoms with Crippen molar-refractivity contribution in [1.82, 2.24) is 14.8 Å². The van der Waals surface area contributed by atoms with Crippen LogP contribution in [0.3, 0.4) is 0 Å². The molecule has 1 N–H and O–H groups in total. The van der Waals surface area contributed by atoms with E-state index in [0.29, 0.717) is 27.0 Å². The van der Waals surface area contributed by atoms with Gasteiger partial charge in [0, 0.05) is 33.3 Å². The van der Waals surface area contributed by atoms with Crippen LogP contribution in [0.2, 0.25) is 0 Å². The average Bonchev–Trinajstić information content (AvgIpc) is 3.66. The van der Waals surface area contributed by atoms with Crippen LogP contribution in [0.15, 0.2) is 46.2 Å². The van der Waals surface area contributed by atoms with Crippen LogP contribution >= 0.6 is 34.4 Å². The maximum absolute atomic E-state index is 12.9. The first-order chi connectivity index (χ1) is 18.5. The fourth-order valence-electron chi connectivity index (χ4n) is 3.94. The Hall–Kier alpha value is -3.15. The van der Waals surface area contributed by atoms with E-state index in [-0.39, 0.29) is 11.7 Å². The van der Waals surface area contributed by atoms with Crippen molar-refractivity contribution in [2.75, 3.05) is 25.3 Å². The number of aryl methyl sites for hydroxylation is 1. The van der Waals surface area contributed by atoms with Crippen LogP contribution < -0.4 is 10.1 Å². The molecule has 3 aromatic heterocycles. The van der Waals surface area contributed by atoms with Crippen LogP contribution in [-0.4, -0.2) is 46.6 Å². The molecule has 0 aliphatic heterocycles. The molecule has 0 saturated carbocycles. The van der Waals surface area contributed by atoms with Crippen LogP contribution in [-0.2, 0) is 22.5 Å². The van der Waals surface area contributed by atoms with E-state index in [1.807, 2.05) is 29.6 Å². The SMILES string of the molecule is CCCc1cc(-c2nnc(SCC(=O)Nc3scc(-c4ccc(OC)cc4)c3C(=O)OC)n2CCC)cs1. The molecule has 0 bridgehead atoms. The predicted molar refractivity (Wildman–Crippen MR) is 155 cm³/mol. The molecule has 0 saturated heterocycles. The van der Waals surface area contributed by atoms with Gasteiger partial charge in [-0.2, -0.15) is 0 Å². The van der Waals surface area contributed by atoms with Crippen LogP contribution in [0, 0.1) is 0 Å². The Kier molecular flexibility index (Phi) is 9.59. The van der Waals surface area contributed by atoms with Crippen molar-refractivity contribution in [2.24, 2.45) is 0 Å². The van der Waals surface area contributed by atoms with Crippen molar-refractivity contribution in [3.05, 3.63) is 51.5 Å². The van der Waals surface area contributed by atoms with Crippen LogP contribution in [0.25, 0.3) is 22.5 Å². The Bertz CT molecular complexity index is 1390. The van der Waals surface area contributed by atoms with Crippen LogP contribution in [0.4, 0.5) is 5.00 Å². The van der Waals surface area contributed by atoms with Crippen LogP contribution in [0.1, 0.15) is 41.9 Å². The number of anilines is 1. The number of amides is 1. The van der Waals surface area contributed by atoms with Gasteiger partial charge in [-0.05, 0) is 36.6 Å². The van der Waals surface area contributed by atoms with E-state index in [1.54, 1.807) is 18.4 Å². The highest BCUT2D eigenvalue weighted by molar-refractivity contribution is 7.99. The molecule has 0 fully saturated rings. The number of rotatable bonds is 12. The number of hydrogen-bond donors (Lipinski definition) is 1. The molecule has 8 nitrogen and oxygen atoms in total. The number of aromatic nitrogens is 3. The summed E-state index contributed by atoms with van der Waals surface area (Å²) in [5, 5.41) is 16.8. The maximum Gasteiger partial charge on any atom is 0.341 e. The number of nitrogens with one attached hydrogen (secondary N) is 1. The molecule has 1 aromatic carbocycles. The molecule has 0 aliphatic rings. The Morgan fingerprint density at radius 3 is 2.50 bits per heavy atom. The minimum absolute atomic E-state index is 0.128. The maximum atomic E-state index is 12.9. The van der Waals surface area contributed by atoms with E-state index in [0.717, 1.165) is 42.8 Å². The lowest BCUT2D eigenvalue weighted by molar-refractivity contribution is -0.113. The molecule has 1 amide bonds. The van der Waals surface area contributed by atoms with Gasteiger partial charge < -0.3 is 19.4 Å². The Morgan fingerprint density at radius 2 is 1.82 bits per heavy atom. The molecule has 0 unspecified atom stereocenters. The molecule has 0 aliphatic carbocycles. The fraction of sp³-hybridized carbons (Fsp3) is 0.333. The Labute approximate surface area is 234 Å². The largest absolute Gasteiger partial charge is 0.497 e. The number of thiophene rings is 2. The van der Waals surface area contributed by atoms with Gasteiger partial charge in [-0.3, -0.25) is 4.79 Å². The number of esters is 1. The molecule has 200 valence electrons. The standard InChI is InChI=1S/C27H30N4O4S3/c1-5-7-20-13-18(14-36-20)24-29-30-27(31(24)12-6-2)38-16-22(32)28-25-23(26(33)35-4)21(15-37-25)17-8-10-19(34-3)11-9-17/h8-11,13-15H,5-7,12,16H2,1-4H3,(H,28,32). The van der Waals surface area contributed by atoms with Gasteiger partial charge in [0.25, 0.3) is 0 Å². The number of ether oxygens (including phenoxy) is 2. The second-order valence-electron chi connectivity index (χ2n) is 8.42. The first-order valence-corrected chi connectivity index (χ1v) is 15.0. The number of thioether (sulfide) groups is 1. The van der Waals surface area contributed by atoms with Gasteiger partial charge in [-0.1, -0.05) is 44.2 Å². The Morgan fingerprint density at radius 1 is 1.03 bits per heavy atom. The number of hydrogen-bond acceptors (Lipinski definition) is 9. The van der Waals surface area contributed by atoms with Gasteiger partial charge in [0.1, 0.15) is 16.3 Å². The first kappa shape index (κ1) is 27.9. The topological polar surface area (TPSA) is 95.3 Å². The van der Waals surface area contributed by atoms with Gasteiger partial charge >= 0.3 is 5.97 Å². The molecule has 0 spiro atoms. The summed E-state index contributed by atoms with van der Waals surface area (Å²) in [7, 11) is 2.93. The molecule has 4 rings (SSSR count). The summed E-state index contributed by atoms with van der Waals surface area (Å²) in [4.78, 5) is 26.9. The molecule has 11 heteroatoms. The minimum Gasteiger partial charge on any atom is -0.497 e. The highest BCUT2D eigenvalue weighted by atomic mass is 32.2. The third-order valence-electron chi connectivity index (χ3n) is 5.74. The van der Waals surface area contributed by atoms with Crippen LogP contribution in [0.5, 0.6) is 5.75 Å².